The Morgan fingerprint density at radius 3 is 0.758 bits per heavy atom. The molecule has 0 radical (unpaired) electrons. The number of carbonyl (C=O) groups excluding carboxylic acids is 3. The summed E-state index contributed by atoms with van der Waals surface area (Å²) in [6.45, 7) is 6.69. The van der Waals surface area contributed by atoms with Crippen LogP contribution in [0.1, 0.15) is 335 Å². The largest absolute Gasteiger partial charge is 0.462 e. The fourth-order valence-electron chi connectivity index (χ4n) is 9.03. The van der Waals surface area contributed by atoms with Gasteiger partial charge < -0.3 is 14.2 Å². The molecule has 0 unspecified atom stereocenters. The summed E-state index contributed by atoms with van der Waals surface area (Å²) in [6.07, 6.45) is 63.4. The zero-order chi connectivity index (χ0) is 47.9. The Labute approximate surface area is 411 Å². The van der Waals surface area contributed by atoms with E-state index in [0.29, 0.717) is 19.3 Å². The third-order valence-electron chi connectivity index (χ3n) is 13.5. The van der Waals surface area contributed by atoms with Gasteiger partial charge >= 0.3 is 17.9 Å². The average Bonchev–Trinajstić information content (AvgIpc) is 3.31. The van der Waals surface area contributed by atoms with Crippen molar-refractivity contribution in [2.75, 3.05) is 13.2 Å². The van der Waals surface area contributed by atoms with Crippen molar-refractivity contribution in [1.29, 1.82) is 0 Å². The van der Waals surface area contributed by atoms with Gasteiger partial charge in [0, 0.05) is 19.3 Å². The van der Waals surface area contributed by atoms with Gasteiger partial charge in [0.15, 0.2) is 6.10 Å². The predicted octanol–water partition coefficient (Wildman–Crippen LogP) is 19.7. The van der Waals surface area contributed by atoms with Crippen molar-refractivity contribution in [1.82, 2.24) is 0 Å². The predicted molar refractivity (Wildman–Crippen MR) is 284 cm³/mol. The number of allylic oxidation sites excluding steroid dienone is 2. The number of carbonyl (C=O) groups is 3. The van der Waals surface area contributed by atoms with Gasteiger partial charge in [-0.1, -0.05) is 283 Å². The lowest BCUT2D eigenvalue weighted by atomic mass is 10.0. The molecule has 0 aliphatic heterocycles. The van der Waals surface area contributed by atoms with E-state index in [1.54, 1.807) is 0 Å². The highest BCUT2D eigenvalue weighted by atomic mass is 16.6. The van der Waals surface area contributed by atoms with E-state index < -0.39 is 6.10 Å². The monoisotopic (exact) mass is 931 g/mol. The molecule has 0 saturated heterocycles. The van der Waals surface area contributed by atoms with E-state index in [-0.39, 0.29) is 31.1 Å². The van der Waals surface area contributed by atoms with Crippen molar-refractivity contribution in [3.8, 4) is 0 Å². The summed E-state index contributed by atoms with van der Waals surface area (Å²) in [5.74, 6) is -0.849. The summed E-state index contributed by atoms with van der Waals surface area (Å²) in [4.78, 5) is 38.2. The molecular formula is C60H114O6. The lowest BCUT2D eigenvalue weighted by Gasteiger charge is -2.18. The van der Waals surface area contributed by atoms with Gasteiger partial charge in [-0.15, -0.1) is 0 Å². The van der Waals surface area contributed by atoms with Crippen LogP contribution in [0.5, 0.6) is 0 Å². The van der Waals surface area contributed by atoms with Crippen molar-refractivity contribution in [2.45, 2.75) is 341 Å². The van der Waals surface area contributed by atoms with Crippen molar-refractivity contribution >= 4 is 17.9 Å². The summed E-state index contributed by atoms with van der Waals surface area (Å²) in [5.41, 5.74) is 0. The summed E-state index contributed by atoms with van der Waals surface area (Å²) in [6, 6.07) is 0. The molecule has 0 rings (SSSR count). The molecule has 0 spiro atoms. The molecule has 0 saturated carbocycles. The number of hydrogen-bond acceptors (Lipinski definition) is 6. The average molecular weight is 932 g/mol. The van der Waals surface area contributed by atoms with E-state index in [0.717, 1.165) is 64.2 Å². The second kappa shape index (κ2) is 55.7. The fourth-order valence-corrected chi connectivity index (χ4v) is 9.03. The quantitative estimate of drug-likeness (QED) is 0.0262. The second-order valence-corrected chi connectivity index (χ2v) is 20.3. The topological polar surface area (TPSA) is 78.9 Å². The first-order chi connectivity index (χ1) is 32.5. The standard InChI is InChI=1S/C60H114O6/c1-4-7-10-13-16-19-22-25-28-29-30-33-35-38-41-44-47-50-53-59(62)65-56-57(66-60(63)54-51-48-45-42-39-36-32-27-24-21-18-15-12-9-6-3)55-64-58(61)52-49-46-43-40-37-34-31-26-23-20-17-14-11-8-5-2/h27,32,57H,4-26,28-31,33-56H2,1-3H3/b32-27-/t57-/m1/s1. The maximum Gasteiger partial charge on any atom is 0.306 e. The lowest BCUT2D eigenvalue weighted by Crippen LogP contribution is -2.30. The molecule has 0 heterocycles. The van der Waals surface area contributed by atoms with Gasteiger partial charge in [0.2, 0.25) is 0 Å². The molecule has 0 aromatic carbocycles. The summed E-state index contributed by atoms with van der Waals surface area (Å²) in [5, 5.41) is 0. The van der Waals surface area contributed by atoms with Crippen LogP contribution in [0.2, 0.25) is 0 Å². The van der Waals surface area contributed by atoms with Crippen LogP contribution in [0.4, 0.5) is 0 Å². The SMILES string of the molecule is CCCCCCCC/C=C\CCCCCCCC(=O)O[C@H](COC(=O)CCCCCCCCCCCCCCCCC)COC(=O)CCCCCCCCCCCCCCCCCCCC. The van der Waals surface area contributed by atoms with E-state index in [1.807, 2.05) is 0 Å². The van der Waals surface area contributed by atoms with Crippen molar-refractivity contribution in [2.24, 2.45) is 0 Å². The summed E-state index contributed by atoms with van der Waals surface area (Å²) in [7, 11) is 0. The zero-order valence-electron chi connectivity index (χ0n) is 44.7. The van der Waals surface area contributed by atoms with Gasteiger partial charge in [-0.05, 0) is 44.9 Å². The molecule has 1 atom stereocenters. The van der Waals surface area contributed by atoms with Crippen LogP contribution in [-0.2, 0) is 28.6 Å². The molecular weight excluding hydrogens is 817 g/mol. The third kappa shape index (κ3) is 53.1. The Morgan fingerprint density at radius 2 is 0.500 bits per heavy atom. The highest BCUT2D eigenvalue weighted by Gasteiger charge is 2.19. The first-order valence-electron chi connectivity index (χ1n) is 29.7. The minimum atomic E-state index is -0.769. The van der Waals surface area contributed by atoms with Crippen LogP contribution in [0.25, 0.3) is 0 Å². The van der Waals surface area contributed by atoms with Crippen molar-refractivity contribution in [3.63, 3.8) is 0 Å². The second-order valence-electron chi connectivity index (χ2n) is 20.3. The van der Waals surface area contributed by atoms with Crippen molar-refractivity contribution in [3.05, 3.63) is 12.2 Å². The Hall–Kier alpha value is -1.85. The number of ether oxygens (including phenoxy) is 3. The van der Waals surface area contributed by atoms with Crippen LogP contribution in [0.3, 0.4) is 0 Å². The Balaban J connectivity index is 4.31. The molecule has 6 heteroatoms. The van der Waals surface area contributed by atoms with Crippen LogP contribution in [-0.4, -0.2) is 37.2 Å². The van der Waals surface area contributed by atoms with Gasteiger partial charge in [-0.25, -0.2) is 0 Å². The number of hydrogen-bond donors (Lipinski definition) is 0. The lowest BCUT2D eigenvalue weighted by molar-refractivity contribution is -0.167. The first kappa shape index (κ1) is 64.2. The molecule has 0 aliphatic rings. The summed E-state index contributed by atoms with van der Waals surface area (Å²) >= 11 is 0. The molecule has 0 fully saturated rings. The molecule has 0 N–H and O–H groups in total. The highest BCUT2D eigenvalue weighted by molar-refractivity contribution is 5.71. The molecule has 0 bridgehead atoms. The minimum absolute atomic E-state index is 0.0672. The number of unbranched alkanes of at least 4 members (excludes halogenated alkanes) is 42. The molecule has 6 nitrogen and oxygen atoms in total. The normalized spacial score (nSPS) is 12.0. The zero-order valence-corrected chi connectivity index (χ0v) is 44.7. The van der Waals surface area contributed by atoms with Gasteiger partial charge in [0.1, 0.15) is 13.2 Å². The number of esters is 3. The first-order valence-corrected chi connectivity index (χ1v) is 29.7. The maximum atomic E-state index is 12.8. The van der Waals surface area contributed by atoms with E-state index in [9.17, 15) is 14.4 Å². The summed E-state index contributed by atoms with van der Waals surface area (Å²) < 4.78 is 16.9. The smallest absolute Gasteiger partial charge is 0.306 e. The Kier molecular flexibility index (Phi) is 54.2. The van der Waals surface area contributed by atoms with E-state index in [1.165, 1.54) is 231 Å². The van der Waals surface area contributed by atoms with Crippen LogP contribution in [0, 0.1) is 0 Å². The molecule has 390 valence electrons. The van der Waals surface area contributed by atoms with Crippen LogP contribution >= 0.6 is 0 Å². The molecule has 66 heavy (non-hydrogen) atoms. The van der Waals surface area contributed by atoms with Gasteiger partial charge in [0.25, 0.3) is 0 Å². The third-order valence-corrected chi connectivity index (χ3v) is 13.5. The Morgan fingerprint density at radius 1 is 0.288 bits per heavy atom. The fraction of sp³-hybridized carbons (Fsp3) is 0.917. The molecule has 0 aromatic rings. The van der Waals surface area contributed by atoms with Crippen molar-refractivity contribution < 1.29 is 28.6 Å². The maximum absolute atomic E-state index is 12.8. The van der Waals surface area contributed by atoms with Crippen LogP contribution in [0.15, 0.2) is 12.2 Å². The van der Waals surface area contributed by atoms with E-state index in [4.69, 9.17) is 14.2 Å². The van der Waals surface area contributed by atoms with E-state index >= 15 is 0 Å². The highest BCUT2D eigenvalue weighted by Crippen LogP contribution is 2.17. The molecule has 0 aromatic heterocycles. The Bertz CT molecular complexity index is 1020. The van der Waals surface area contributed by atoms with Gasteiger partial charge in [0.05, 0.1) is 0 Å². The number of rotatable bonds is 55. The van der Waals surface area contributed by atoms with E-state index in [2.05, 4.69) is 32.9 Å². The molecule has 0 aliphatic carbocycles. The van der Waals surface area contributed by atoms with Gasteiger partial charge in [-0.2, -0.15) is 0 Å². The molecule has 0 amide bonds. The minimum Gasteiger partial charge on any atom is -0.462 e. The van der Waals surface area contributed by atoms with Crippen LogP contribution < -0.4 is 0 Å². The van der Waals surface area contributed by atoms with Gasteiger partial charge in [-0.3, -0.25) is 14.4 Å².